The van der Waals surface area contributed by atoms with Gasteiger partial charge >= 0.3 is 0 Å². The molecular weight excluding hydrogens is 440 g/mol. The number of anilines is 2. The van der Waals surface area contributed by atoms with Gasteiger partial charge in [0.2, 0.25) is 0 Å². The van der Waals surface area contributed by atoms with E-state index in [9.17, 15) is 5.11 Å². The van der Waals surface area contributed by atoms with E-state index in [0.29, 0.717) is 6.54 Å². The number of rotatable bonds is 7. The molecule has 0 fully saturated rings. The summed E-state index contributed by atoms with van der Waals surface area (Å²) in [5, 5.41) is 24.2. The molecule has 0 amide bonds. The fraction of sp³-hybridized carbons (Fsp3) is 0.222. The van der Waals surface area contributed by atoms with Crippen molar-refractivity contribution < 1.29 is 9.84 Å². The van der Waals surface area contributed by atoms with Gasteiger partial charge in [-0.2, -0.15) is 10.2 Å². The molecule has 5 rings (SSSR count). The van der Waals surface area contributed by atoms with E-state index in [1.54, 1.807) is 30.3 Å². The number of ether oxygens (including phenoxy) is 1. The van der Waals surface area contributed by atoms with E-state index in [0.717, 1.165) is 50.3 Å². The van der Waals surface area contributed by atoms with E-state index in [1.165, 1.54) is 0 Å². The summed E-state index contributed by atoms with van der Waals surface area (Å²) in [4.78, 5) is 4.58. The number of nitrogens with zero attached hydrogens (tertiary/aromatic N) is 5. The predicted molar refractivity (Wildman–Crippen MR) is 138 cm³/mol. The monoisotopic (exact) mass is 468 g/mol. The molecule has 3 aromatic heterocycles. The molecule has 3 heterocycles. The number of methoxy groups -OCH3 is 1. The zero-order chi connectivity index (χ0) is 24.6. The number of aliphatic hydroxyl groups is 1. The third kappa shape index (κ3) is 5.02. The van der Waals surface area contributed by atoms with Crippen LogP contribution in [0.1, 0.15) is 13.8 Å². The molecule has 0 atom stereocenters. The van der Waals surface area contributed by atoms with Crippen LogP contribution in [0, 0.1) is 0 Å². The maximum Gasteiger partial charge on any atom is 0.142 e. The second-order valence-corrected chi connectivity index (χ2v) is 9.31. The summed E-state index contributed by atoms with van der Waals surface area (Å²) in [6.07, 6.45) is 9.43. The maximum absolute atomic E-state index is 10.1. The molecule has 0 spiro atoms. The van der Waals surface area contributed by atoms with Gasteiger partial charge in [-0.05, 0) is 54.6 Å². The smallest absolute Gasteiger partial charge is 0.142 e. The fourth-order valence-electron chi connectivity index (χ4n) is 4.07. The lowest BCUT2D eigenvalue weighted by atomic mass is 10.0. The number of hydrogen-bond acceptors (Lipinski definition) is 6. The second-order valence-electron chi connectivity index (χ2n) is 9.31. The molecule has 0 aliphatic rings. The Morgan fingerprint density at radius 3 is 2.37 bits per heavy atom. The first-order valence-electron chi connectivity index (χ1n) is 11.4. The van der Waals surface area contributed by atoms with Crippen molar-refractivity contribution in [3.05, 3.63) is 73.4 Å². The van der Waals surface area contributed by atoms with E-state index in [-0.39, 0.29) is 0 Å². The van der Waals surface area contributed by atoms with Crippen molar-refractivity contribution in [2.75, 3.05) is 12.4 Å². The van der Waals surface area contributed by atoms with Crippen molar-refractivity contribution in [2.24, 2.45) is 7.05 Å². The Labute approximate surface area is 203 Å². The summed E-state index contributed by atoms with van der Waals surface area (Å²) in [5.41, 5.74) is 4.11. The van der Waals surface area contributed by atoms with Gasteiger partial charge < -0.3 is 15.2 Å². The van der Waals surface area contributed by atoms with Crippen LogP contribution in [-0.2, 0) is 13.6 Å². The normalized spacial score (nSPS) is 11.7. The minimum absolute atomic E-state index is 0.431. The highest BCUT2D eigenvalue weighted by Gasteiger charge is 2.15. The van der Waals surface area contributed by atoms with Gasteiger partial charge in [0.1, 0.15) is 11.6 Å². The Morgan fingerprint density at radius 1 is 0.886 bits per heavy atom. The first-order chi connectivity index (χ1) is 16.8. The van der Waals surface area contributed by atoms with Crippen LogP contribution in [0.4, 0.5) is 11.5 Å². The first-order valence-corrected chi connectivity index (χ1v) is 11.4. The van der Waals surface area contributed by atoms with Crippen molar-refractivity contribution in [1.82, 2.24) is 24.5 Å². The third-order valence-electron chi connectivity index (χ3n) is 5.74. The standard InChI is InChI=1S/C27H28N6O2/c1-27(2,34)17-33-16-23(14-30-33)18-5-6-20-12-28-26(11-21(20)9-18)31-24-8-7-19(10-25(24)35-4)22-13-29-32(3)15-22/h5-16,34H,17H2,1-4H3,(H,28,31). The highest BCUT2D eigenvalue weighted by molar-refractivity contribution is 5.89. The topological polar surface area (TPSA) is 90.0 Å². The summed E-state index contributed by atoms with van der Waals surface area (Å²) in [6, 6.07) is 14.3. The summed E-state index contributed by atoms with van der Waals surface area (Å²) in [5.74, 6) is 1.45. The van der Waals surface area contributed by atoms with Gasteiger partial charge in [0, 0.05) is 42.2 Å². The van der Waals surface area contributed by atoms with E-state index < -0.39 is 5.60 Å². The number of aromatic nitrogens is 5. The summed E-state index contributed by atoms with van der Waals surface area (Å²) in [6.45, 7) is 3.97. The summed E-state index contributed by atoms with van der Waals surface area (Å²) >= 11 is 0. The average molecular weight is 469 g/mol. The van der Waals surface area contributed by atoms with E-state index in [4.69, 9.17) is 4.74 Å². The van der Waals surface area contributed by atoms with Crippen LogP contribution in [0.5, 0.6) is 5.75 Å². The maximum atomic E-state index is 10.1. The van der Waals surface area contributed by atoms with Crippen molar-refractivity contribution in [3.8, 4) is 28.0 Å². The molecule has 0 aliphatic heterocycles. The molecule has 0 unspecified atom stereocenters. The number of nitrogens with one attached hydrogen (secondary N) is 1. The molecule has 35 heavy (non-hydrogen) atoms. The highest BCUT2D eigenvalue weighted by Crippen LogP contribution is 2.33. The minimum Gasteiger partial charge on any atom is -0.495 e. The minimum atomic E-state index is -0.823. The molecule has 0 saturated carbocycles. The number of fused-ring (bicyclic) bond motifs is 1. The molecule has 178 valence electrons. The van der Waals surface area contributed by atoms with Gasteiger partial charge in [-0.25, -0.2) is 4.98 Å². The molecule has 0 saturated heterocycles. The lowest BCUT2D eigenvalue weighted by Gasteiger charge is -2.16. The molecule has 0 radical (unpaired) electrons. The quantitative estimate of drug-likeness (QED) is 0.349. The molecular formula is C27H28N6O2. The number of aryl methyl sites for hydroxylation is 1. The lowest BCUT2D eigenvalue weighted by Crippen LogP contribution is -2.26. The van der Waals surface area contributed by atoms with Crippen LogP contribution in [0.15, 0.2) is 73.4 Å². The number of hydrogen-bond donors (Lipinski definition) is 2. The first kappa shape index (κ1) is 22.6. The van der Waals surface area contributed by atoms with Crippen LogP contribution >= 0.6 is 0 Å². The third-order valence-corrected chi connectivity index (χ3v) is 5.74. The molecule has 2 aromatic carbocycles. The van der Waals surface area contributed by atoms with Crippen LogP contribution in [-0.4, -0.2) is 42.4 Å². The highest BCUT2D eigenvalue weighted by atomic mass is 16.5. The average Bonchev–Trinajstić information content (AvgIpc) is 3.47. The molecule has 8 nitrogen and oxygen atoms in total. The van der Waals surface area contributed by atoms with Gasteiger partial charge in [-0.15, -0.1) is 0 Å². The Kier molecular flexibility index (Phi) is 5.74. The van der Waals surface area contributed by atoms with Crippen molar-refractivity contribution >= 4 is 22.3 Å². The van der Waals surface area contributed by atoms with Crippen molar-refractivity contribution in [1.29, 1.82) is 0 Å². The van der Waals surface area contributed by atoms with Gasteiger partial charge in [0.05, 0.1) is 37.3 Å². The van der Waals surface area contributed by atoms with Gasteiger partial charge in [-0.3, -0.25) is 9.36 Å². The van der Waals surface area contributed by atoms with E-state index in [1.807, 2.05) is 62.3 Å². The fourth-order valence-corrected chi connectivity index (χ4v) is 4.07. The lowest BCUT2D eigenvalue weighted by molar-refractivity contribution is 0.0577. The molecule has 5 aromatic rings. The Morgan fingerprint density at radius 2 is 1.63 bits per heavy atom. The second kappa shape index (κ2) is 8.88. The van der Waals surface area contributed by atoms with Gasteiger partial charge in [-0.1, -0.05) is 18.2 Å². The zero-order valence-electron chi connectivity index (χ0n) is 20.2. The van der Waals surface area contributed by atoms with Crippen LogP contribution < -0.4 is 10.1 Å². The molecule has 0 bridgehead atoms. The van der Waals surface area contributed by atoms with E-state index in [2.05, 4.69) is 38.7 Å². The van der Waals surface area contributed by atoms with Crippen molar-refractivity contribution in [2.45, 2.75) is 26.0 Å². The summed E-state index contributed by atoms with van der Waals surface area (Å²) in [7, 11) is 3.56. The van der Waals surface area contributed by atoms with Gasteiger partial charge in [0.15, 0.2) is 0 Å². The molecule has 2 N–H and O–H groups in total. The largest absolute Gasteiger partial charge is 0.495 e. The van der Waals surface area contributed by atoms with E-state index >= 15 is 0 Å². The summed E-state index contributed by atoms with van der Waals surface area (Å²) < 4.78 is 9.18. The van der Waals surface area contributed by atoms with Crippen LogP contribution in [0.25, 0.3) is 33.0 Å². The molecule has 8 heteroatoms. The van der Waals surface area contributed by atoms with Gasteiger partial charge in [0.25, 0.3) is 0 Å². The van der Waals surface area contributed by atoms with Crippen LogP contribution in [0.3, 0.4) is 0 Å². The Hall–Kier alpha value is -4.17. The molecule has 0 aliphatic carbocycles. The SMILES string of the molecule is COc1cc(-c2cnn(C)c2)ccc1Nc1cc2cc(-c3cnn(CC(C)(C)O)c3)ccc2cn1. The van der Waals surface area contributed by atoms with Crippen LogP contribution in [0.2, 0.25) is 0 Å². The van der Waals surface area contributed by atoms with Crippen molar-refractivity contribution in [3.63, 3.8) is 0 Å². The zero-order valence-corrected chi connectivity index (χ0v) is 20.2. The Bertz CT molecular complexity index is 1500. The number of benzene rings is 2. The number of pyridine rings is 1. The predicted octanol–water partition coefficient (Wildman–Crippen LogP) is 5.02. The Balaban J connectivity index is 1.41.